The van der Waals surface area contributed by atoms with E-state index in [1.165, 1.54) is 0 Å². The maximum absolute atomic E-state index is 12.2. The number of rotatable bonds is 8. The summed E-state index contributed by atoms with van der Waals surface area (Å²) in [5, 5.41) is 7.02. The lowest BCUT2D eigenvalue weighted by Crippen LogP contribution is -2.28. The van der Waals surface area contributed by atoms with E-state index in [1.807, 2.05) is 65.5 Å². The smallest absolute Gasteiger partial charge is 0.251 e. The number of carbonyl (C=O) groups is 1. The first-order chi connectivity index (χ1) is 12.7. The summed E-state index contributed by atoms with van der Waals surface area (Å²) in [4.78, 5) is 12.2. The van der Waals surface area contributed by atoms with Gasteiger partial charge in [0, 0.05) is 18.0 Å². The molecule has 0 radical (unpaired) electrons. The monoisotopic (exact) mass is 351 g/mol. The maximum Gasteiger partial charge on any atom is 0.251 e. The molecule has 0 saturated carbocycles. The number of ether oxygens (including phenoxy) is 2. The number of carbonyl (C=O) groups excluding carboxylic acids is 1. The van der Waals surface area contributed by atoms with Crippen molar-refractivity contribution in [3.8, 4) is 11.5 Å². The molecule has 1 aromatic heterocycles. The van der Waals surface area contributed by atoms with Gasteiger partial charge in [0.25, 0.3) is 5.91 Å². The third-order valence-corrected chi connectivity index (χ3v) is 3.84. The summed E-state index contributed by atoms with van der Waals surface area (Å²) in [5.74, 6) is 1.40. The Labute approximate surface area is 152 Å². The van der Waals surface area contributed by atoms with Gasteiger partial charge in [-0.25, -0.2) is 0 Å². The van der Waals surface area contributed by atoms with E-state index in [9.17, 15) is 4.79 Å². The lowest BCUT2D eigenvalue weighted by molar-refractivity contribution is 0.0947. The summed E-state index contributed by atoms with van der Waals surface area (Å²) in [6, 6.07) is 16.7. The van der Waals surface area contributed by atoms with Crippen molar-refractivity contribution in [1.82, 2.24) is 15.1 Å². The van der Waals surface area contributed by atoms with Gasteiger partial charge in [0.15, 0.2) is 0 Å². The zero-order chi connectivity index (χ0) is 18.2. The topological polar surface area (TPSA) is 65.4 Å². The fraction of sp³-hybridized carbons (Fsp3) is 0.200. The molecule has 0 aliphatic heterocycles. The number of amides is 1. The third kappa shape index (κ3) is 4.86. The molecule has 6 heteroatoms. The van der Waals surface area contributed by atoms with Gasteiger partial charge in [-0.1, -0.05) is 12.1 Å². The normalized spacial score (nSPS) is 10.3. The molecule has 3 rings (SSSR count). The molecule has 26 heavy (non-hydrogen) atoms. The van der Waals surface area contributed by atoms with Gasteiger partial charge in [0.2, 0.25) is 0 Å². The highest BCUT2D eigenvalue weighted by molar-refractivity contribution is 5.94. The fourth-order valence-corrected chi connectivity index (χ4v) is 2.45. The van der Waals surface area contributed by atoms with Gasteiger partial charge in [-0.05, 0) is 48.0 Å². The molecule has 0 atom stereocenters. The third-order valence-electron chi connectivity index (χ3n) is 3.84. The fourth-order valence-electron chi connectivity index (χ4n) is 2.45. The van der Waals surface area contributed by atoms with Crippen LogP contribution in [0.15, 0.2) is 67.0 Å². The van der Waals surface area contributed by atoms with Crippen molar-refractivity contribution >= 4 is 5.91 Å². The van der Waals surface area contributed by atoms with E-state index < -0.39 is 0 Å². The first kappa shape index (κ1) is 17.5. The molecule has 1 heterocycles. The molecule has 2 aromatic carbocycles. The van der Waals surface area contributed by atoms with Crippen molar-refractivity contribution in [3.05, 3.63) is 78.1 Å². The Balaban J connectivity index is 1.42. The van der Waals surface area contributed by atoms with Crippen LogP contribution in [0.2, 0.25) is 0 Å². The Bertz CT molecular complexity index is 813. The summed E-state index contributed by atoms with van der Waals surface area (Å²) in [7, 11) is 1.62. The van der Waals surface area contributed by atoms with Gasteiger partial charge >= 0.3 is 0 Å². The largest absolute Gasteiger partial charge is 0.497 e. The molecular formula is C20H21N3O3. The number of benzene rings is 2. The van der Waals surface area contributed by atoms with Crippen LogP contribution in [0.4, 0.5) is 0 Å². The summed E-state index contributed by atoms with van der Waals surface area (Å²) < 4.78 is 12.5. The number of hydrogen-bond donors (Lipinski definition) is 1. The highest BCUT2D eigenvalue weighted by Crippen LogP contribution is 2.16. The molecule has 0 saturated heterocycles. The zero-order valence-electron chi connectivity index (χ0n) is 14.6. The molecule has 1 amide bonds. The standard InChI is InChI=1S/C20H21N3O3/c1-25-18-7-9-19(10-8-18)26-14-12-21-20(24)17-5-3-16(4-6-17)15-23-13-2-11-22-23/h2-11,13H,12,14-15H2,1H3,(H,21,24). The first-order valence-corrected chi connectivity index (χ1v) is 8.36. The van der Waals surface area contributed by atoms with E-state index in [2.05, 4.69) is 10.4 Å². The second-order valence-electron chi connectivity index (χ2n) is 5.68. The second kappa shape index (κ2) is 8.71. The molecule has 3 aromatic rings. The Kier molecular flexibility index (Phi) is 5.88. The number of hydrogen-bond acceptors (Lipinski definition) is 4. The number of nitrogens with zero attached hydrogens (tertiary/aromatic N) is 2. The predicted molar refractivity (Wildman–Crippen MR) is 98.6 cm³/mol. The lowest BCUT2D eigenvalue weighted by atomic mass is 10.1. The van der Waals surface area contributed by atoms with Crippen molar-refractivity contribution < 1.29 is 14.3 Å². The average Bonchev–Trinajstić information content (AvgIpc) is 3.19. The molecule has 6 nitrogen and oxygen atoms in total. The molecule has 1 N–H and O–H groups in total. The summed E-state index contributed by atoms with van der Waals surface area (Å²) in [5.41, 5.74) is 1.71. The number of aromatic nitrogens is 2. The average molecular weight is 351 g/mol. The van der Waals surface area contributed by atoms with E-state index in [4.69, 9.17) is 9.47 Å². The van der Waals surface area contributed by atoms with Crippen LogP contribution < -0.4 is 14.8 Å². The Morgan fingerprint density at radius 1 is 1.08 bits per heavy atom. The minimum atomic E-state index is -0.117. The van der Waals surface area contributed by atoms with Crippen LogP contribution in [0.1, 0.15) is 15.9 Å². The first-order valence-electron chi connectivity index (χ1n) is 8.36. The van der Waals surface area contributed by atoms with Crippen molar-refractivity contribution in [1.29, 1.82) is 0 Å². The highest BCUT2D eigenvalue weighted by atomic mass is 16.5. The molecule has 0 fully saturated rings. The van der Waals surface area contributed by atoms with Gasteiger partial charge in [0.05, 0.1) is 20.2 Å². The van der Waals surface area contributed by atoms with E-state index in [0.29, 0.717) is 25.3 Å². The van der Waals surface area contributed by atoms with Gasteiger partial charge in [-0.3, -0.25) is 9.48 Å². The van der Waals surface area contributed by atoms with Crippen molar-refractivity contribution in [2.45, 2.75) is 6.54 Å². The maximum atomic E-state index is 12.2. The molecule has 134 valence electrons. The van der Waals surface area contributed by atoms with E-state index >= 15 is 0 Å². The summed E-state index contributed by atoms with van der Waals surface area (Å²) in [6.45, 7) is 1.51. The number of methoxy groups -OCH3 is 1. The summed E-state index contributed by atoms with van der Waals surface area (Å²) >= 11 is 0. The minimum Gasteiger partial charge on any atom is -0.497 e. The molecule has 0 aliphatic carbocycles. The van der Waals surface area contributed by atoms with Crippen LogP contribution in [0.3, 0.4) is 0 Å². The zero-order valence-corrected chi connectivity index (χ0v) is 14.6. The van der Waals surface area contributed by atoms with Crippen molar-refractivity contribution in [3.63, 3.8) is 0 Å². The number of nitrogens with one attached hydrogen (secondary N) is 1. The van der Waals surface area contributed by atoms with Crippen molar-refractivity contribution in [2.24, 2.45) is 0 Å². The molecular weight excluding hydrogens is 330 g/mol. The predicted octanol–water partition coefficient (Wildman–Crippen LogP) is 2.75. The van der Waals surface area contributed by atoms with Crippen molar-refractivity contribution in [2.75, 3.05) is 20.3 Å². The van der Waals surface area contributed by atoms with Crippen LogP contribution in [-0.2, 0) is 6.54 Å². The molecule has 0 aliphatic rings. The van der Waals surface area contributed by atoms with E-state index in [1.54, 1.807) is 13.3 Å². The van der Waals surface area contributed by atoms with Gasteiger partial charge in [-0.15, -0.1) is 0 Å². The van der Waals surface area contributed by atoms with Crippen LogP contribution in [0.5, 0.6) is 11.5 Å². The minimum absolute atomic E-state index is 0.117. The van der Waals surface area contributed by atoms with Crippen LogP contribution in [0, 0.1) is 0 Å². The molecule has 0 unspecified atom stereocenters. The highest BCUT2D eigenvalue weighted by Gasteiger charge is 2.05. The van der Waals surface area contributed by atoms with E-state index in [0.717, 1.165) is 17.1 Å². The second-order valence-corrected chi connectivity index (χ2v) is 5.68. The van der Waals surface area contributed by atoms with Crippen LogP contribution >= 0.6 is 0 Å². The van der Waals surface area contributed by atoms with Crippen LogP contribution in [0.25, 0.3) is 0 Å². The summed E-state index contributed by atoms with van der Waals surface area (Å²) in [6.07, 6.45) is 3.65. The van der Waals surface area contributed by atoms with Gasteiger partial charge < -0.3 is 14.8 Å². The molecule has 0 spiro atoms. The Morgan fingerprint density at radius 3 is 2.46 bits per heavy atom. The SMILES string of the molecule is COc1ccc(OCCNC(=O)c2ccc(Cn3cccn3)cc2)cc1. The quantitative estimate of drug-likeness (QED) is 0.634. The van der Waals surface area contributed by atoms with E-state index in [-0.39, 0.29) is 5.91 Å². The Morgan fingerprint density at radius 2 is 1.81 bits per heavy atom. The lowest BCUT2D eigenvalue weighted by Gasteiger charge is -2.09. The van der Waals surface area contributed by atoms with Crippen LogP contribution in [-0.4, -0.2) is 35.9 Å². The Hall–Kier alpha value is -3.28. The molecule has 0 bridgehead atoms. The van der Waals surface area contributed by atoms with Gasteiger partial charge in [0.1, 0.15) is 18.1 Å². The van der Waals surface area contributed by atoms with Gasteiger partial charge in [-0.2, -0.15) is 5.10 Å².